The molecule has 1 saturated heterocycles. The number of amidine groups is 1. The van der Waals surface area contributed by atoms with Gasteiger partial charge in [0, 0.05) is 12.1 Å². The second kappa shape index (κ2) is 12.8. The molecule has 0 radical (unpaired) electrons. The number of carbonyl (C=O) groups excluding carboxylic acids is 2. The molecule has 9 heteroatoms. The van der Waals surface area contributed by atoms with E-state index < -0.39 is 5.97 Å². The normalized spacial score (nSPS) is 14.9. The molecule has 39 heavy (non-hydrogen) atoms. The lowest BCUT2D eigenvalue weighted by atomic mass is 10.1. The van der Waals surface area contributed by atoms with Crippen molar-refractivity contribution in [2.45, 2.75) is 20.5 Å². The van der Waals surface area contributed by atoms with E-state index in [4.69, 9.17) is 14.2 Å². The van der Waals surface area contributed by atoms with E-state index >= 15 is 0 Å². The Labute approximate surface area is 231 Å². The van der Waals surface area contributed by atoms with Gasteiger partial charge in [0.15, 0.2) is 16.7 Å². The van der Waals surface area contributed by atoms with Crippen LogP contribution in [-0.2, 0) is 16.1 Å². The van der Waals surface area contributed by atoms with E-state index in [-0.39, 0.29) is 12.5 Å². The minimum absolute atomic E-state index is 0.156. The molecule has 0 spiro atoms. The van der Waals surface area contributed by atoms with Crippen LogP contribution in [0.1, 0.15) is 40.9 Å². The molecule has 0 N–H and O–H groups in total. The van der Waals surface area contributed by atoms with Crippen molar-refractivity contribution in [2.75, 3.05) is 20.3 Å². The molecule has 1 aliphatic rings. The second-order valence-corrected chi connectivity index (χ2v) is 9.30. The SMILES string of the molecule is CCOc1cc(C=C2SC(=Nc3cccc(C(=O)OC)c3)N(CC)C2=O)ccc1OCc1ccccc1C#N. The third-order valence-electron chi connectivity index (χ3n) is 5.78. The van der Waals surface area contributed by atoms with Gasteiger partial charge in [0.05, 0.1) is 41.5 Å². The van der Waals surface area contributed by atoms with E-state index in [1.807, 2.05) is 44.2 Å². The highest BCUT2D eigenvalue weighted by Gasteiger charge is 2.32. The summed E-state index contributed by atoms with van der Waals surface area (Å²) in [5.74, 6) is 0.473. The largest absolute Gasteiger partial charge is 0.490 e. The molecule has 1 aliphatic heterocycles. The summed E-state index contributed by atoms with van der Waals surface area (Å²) in [7, 11) is 1.33. The van der Waals surface area contributed by atoms with Crippen molar-refractivity contribution < 1.29 is 23.8 Å². The summed E-state index contributed by atoms with van der Waals surface area (Å²) >= 11 is 1.26. The topological polar surface area (TPSA) is 101 Å². The molecule has 1 amide bonds. The van der Waals surface area contributed by atoms with Gasteiger partial charge < -0.3 is 14.2 Å². The standard InChI is InChI=1S/C30H27N3O5S/c1-4-33-28(34)27(39-30(33)32-24-12-8-11-21(17-24)29(35)36-3)16-20-13-14-25(26(15-20)37-5-2)38-19-23-10-7-6-9-22(23)18-31/h6-17H,4-5,19H2,1-3H3. The van der Waals surface area contributed by atoms with Gasteiger partial charge in [-0.15, -0.1) is 0 Å². The van der Waals surface area contributed by atoms with Crippen molar-refractivity contribution in [3.63, 3.8) is 0 Å². The summed E-state index contributed by atoms with van der Waals surface area (Å²) < 4.78 is 16.6. The van der Waals surface area contributed by atoms with Crippen LogP contribution in [0.4, 0.5) is 5.69 Å². The Morgan fingerprint density at radius 2 is 1.87 bits per heavy atom. The maximum Gasteiger partial charge on any atom is 0.337 e. The van der Waals surface area contributed by atoms with E-state index in [0.717, 1.165) is 11.1 Å². The summed E-state index contributed by atoms with van der Waals surface area (Å²) in [5.41, 5.74) is 3.04. The minimum atomic E-state index is -0.452. The lowest BCUT2D eigenvalue weighted by Gasteiger charge is -2.13. The molecular formula is C30H27N3O5S. The van der Waals surface area contributed by atoms with Gasteiger partial charge in [0.25, 0.3) is 5.91 Å². The van der Waals surface area contributed by atoms with Crippen LogP contribution in [0, 0.1) is 11.3 Å². The Balaban J connectivity index is 1.58. The van der Waals surface area contributed by atoms with Gasteiger partial charge in [0.2, 0.25) is 0 Å². The van der Waals surface area contributed by atoms with E-state index in [1.54, 1.807) is 47.4 Å². The van der Waals surface area contributed by atoms with Gasteiger partial charge in [-0.2, -0.15) is 5.26 Å². The van der Waals surface area contributed by atoms with Gasteiger partial charge in [-0.25, -0.2) is 9.79 Å². The molecule has 1 heterocycles. The van der Waals surface area contributed by atoms with Crippen LogP contribution in [-0.4, -0.2) is 42.2 Å². The van der Waals surface area contributed by atoms with Crippen LogP contribution in [0.3, 0.4) is 0 Å². The Kier molecular flexibility index (Phi) is 9.02. The molecule has 3 aromatic carbocycles. The van der Waals surface area contributed by atoms with Gasteiger partial charge in [-0.05, 0) is 73.6 Å². The number of aliphatic imine (C=N–C) groups is 1. The highest BCUT2D eigenvalue weighted by molar-refractivity contribution is 8.18. The Morgan fingerprint density at radius 3 is 2.62 bits per heavy atom. The highest BCUT2D eigenvalue weighted by atomic mass is 32.2. The van der Waals surface area contributed by atoms with Crippen molar-refractivity contribution in [1.82, 2.24) is 4.90 Å². The zero-order chi connectivity index (χ0) is 27.8. The van der Waals surface area contributed by atoms with Gasteiger partial charge in [0.1, 0.15) is 6.61 Å². The third-order valence-corrected chi connectivity index (χ3v) is 6.79. The van der Waals surface area contributed by atoms with E-state index in [1.165, 1.54) is 18.9 Å². The number of amides is 1. The monoisotopic (exact) mass is 541 g/mol. The Bertz CT molecular complexity index is 1490. The molecule has 1 fully saturated rings. The number of benzene rings is 3. The zero-order valence-corrected chi connectivity index (χ0v) is 22.7. The molecule has 8 nitrogen and oxygen atoms in total. The fourth-order valence-electron chi connectivity index (χ4n) is 3.87. The number of methoxy groups -OCH3 is 1. The van der Waals surface area contributed by atoms with Gasteiger partial charge in [-0.1, -0.05) is 30.3 Å². The number of esters is 1. The quantitative estimate of drug-likeness (QED) is 0.244. The third kappa shape index (κ3) is 6.48. The molecule has 3 aromatic rings. The van der Waals surface area contributed by atoms with Crippen LogP contribution >= 0.6 is 11.8 Å². The van der Waals surface area contributed by atoms with Crippen molar-refractivity contribution in [1.29, 1.82) is 5.26 Å². The average Bonchev–Trinajstić information content (AvgIpc) is 3.25. The van der Waals surface area contributed by atoms with Crippen LogP contribution in [0.15, 0.2) is 76.6 Å². The molecule has 0 aliphatic carbocycles. The highest BCUT2D eigenvalue weighted by Crippen LogP contribution is 2.36. The number of hydrogen-bond acceptors (Lipinski definition) is 8. The zero-order valence-electron chi connectivity index (χ0n) is 21.8. The predicted octanol–water partition coefficient (Wildman–Crippen LogP) is 5.95. The first-order chi connectivity index (χ1) is 19.0. The number of hydrogen-bond donors (Lipinski definition) is 0. The second-order valence-electron chi connectivity index (χ2n) is 8.29. The molecule has 0 saturated carbocycles. The molecule has 198 valence electrons. The summed E-state index contributed by atoms with van der Waals surface area (Å²) in [4.78, 5) is 31.8. The summed E-state index contributed by atoms with van der Waals surface area (Å²) in [6.07, 6.45) is 1.79. The fraction of sp³-hybridized carbons (Fsp3) is 0.200. The van der Waals surface area contributed by atoms with Gasteiger partial charge in [-0.3, -0.25) is 9.69 Å². The number of rotatable bonds is 9. The Morgan fingerprint density at radius 1 is 1.05 bits per heavy atom. The number of likely N-dealkylation sites (N-methyl/N-ethyl adjacent to an activating group) is 1. The van der Waals surface area contributed by atoms with Crippen LogP contribution in [0.25, 0.3) is 6.08 Å². The van der Waals surface area contributed by atoms with Crippen molar-refractivity contribution in [3.05, 3.63) is 93.9 Å². The van der Waals surface area contributed by atoms with Crippen molar-refractivity contribution in [3.8, 4) is 17.6 Å². The van der Waals surface area contributed by atoms with Crippen LogP contribution in [0.2, 0.25) is 0 Å². The maximum absolute atomic E-state index is 13.2. The first kappa shape index (κ1) is 27.5. The summed E-state index contributed by atoms with van der Waals surface area (Å²) in [6, 6.07) is 21.7. The smallest absolute Gasteiger partial charge is 0.337 e. The fourth-order valence-corrected chi connectivity index (χ4v) is 4.93. The molecule has 0 aromatic heterocycles. The van der Waals surface area contributed by atoms with Crippen molar-refractivity contribution in [2.24, 2.45) is 4.99 Å². The number of ether oxygens (including phenoxy) is 3. The maximum atomic E-state index is 13.2. The summed E-state index contributed by atoms with van der Waals surface area (Å²) in [5, 5.41) is 9.86. The lowest BCUT2D eigenvalue weighted by molar-refractivity contribution is -0.122. The summed E-state index contributed by atoms with van der Waals surface area (Å²) in [6.45, 7) is 4.86. The average molecular weight is 542 g/mol. The molecular weight excluding hydrogens is 514 g/mol. The molecule has 4 rings (SSSR count). The van der Waals surface area contributed by atoms with Crippen LogP contribution < -0.4 is 9.47 Å². The van der Waals surface area contributed by atoms with E-state index in [9.17, 15) is 14.9 Å². The number of thioether (sulfide) groups is 1. The lowest BCUT2D eigenvalue weighted by Crippen LogP contribution is -2.28. The first-order valence-electron chi connectivity index (χ1n) is 12.3. The Hall–Kier alpha value is -4.55. The molecule has 0 bridgehead atoms. The van der Waals surface area contributed by atoms with Crippen LogP contribution in [0.5, 0.6) is 11.5 Å². The first-order valence-corrected chi connectivity index (χ1v) is 13.1. The number of carbonyl (C=O) groups is 2. The van der Waals surface area contributed by atoms with E-state index in [2.05, 4.69) is 11.1 Å². The van der Waals surface area contributed by atoms with Crippen molar-refractivity contribution >= 4 is 40.6 Å². The predicted molar refractivity (Wildman–Crippen MR) is 151 cm³/mol. The molecule has 0 unspecified atom stereocenters. The van der Waals surface area contributed by atoms with E-state index in [0.29, 0.717) is 51.5 Å². The number of nitrogens with zero attached hydrogens (tertiary/aromatic N) is 3. The molecule has 0 atom stereocenters. The van der Waals surface area contributed by atoms with Gasteiger partial charge >= 0.3 is 5.97 Å². The number of nitriles is 1. The minimum Gasteiger partial charge on any atom is -0.490 e.